The van der Waals surface area contributed by atoms with E-state index < -0.39 is 0 Å². The first-order valence-electron chi connectivity index (χ1n) is 9.11. The molecule has 0 aliphatic heterocycles. The fourth-order valence-corrected chi connectivity index (χ4v) is 4.73. The standard InChI is InChI=1S/C23H20I2N2O3/c1-15-3-5-16(6-4-15)14-30-22-20(24)11-17(12-21(22)25)13-26-27-23(28)18-7-9-19(29-2)10-8-18/h3-13H,14H2,1-2H3,(H,27,28)/b26-13-. The number of ether oxygens (including phenoxy) is 2. The first kappa shape index (κ1) is 22.5. The summed E-state index contributed by atoms with van der Waals surface area (Å²) in [4.78, 5) is 12.2. The van der Waals surface area contributed by atoms with Gasteiger partial charge in [-0.25, -0.2) is 5.43 Å². The normalized spacial score (nSPS) is 10.8. The van der Waals surface area contributed by atoms with Crippen molar-refractivity contribution in [2.45, 2.75) is 13.5 Å². The maximum Gasteiger partial charge on any atom is 0.271 e. The summed E-state index contributed by atoms with van der Waals surface area (Å²) in [5.74, 6) is 1.26. The van der Waals surface area contributed by atoms with Gasteiger partial charge in [0.15, 0.2) is 0 Å². The second-order valence-electron chi connectivity index (χ2n) is 6.52. The number of carbonyl (C=O) groups excluding carboxylic acids is 1. The fraction of sp³-hybridized carbons (Fsp3) is 0.130. The van der Waals surface area contributed by atoms with Gasteiger partial charge in [-0.15, -0.1) is 0 Å². The van der Waals surface area contributed by atoms with Crippen LogP contribution >= 0.6 is 45.2 Å². The second kappa shape index (κ2) is 10.8. The highest BCUT2D eigenvalue weighted by Gasteiger charge is 2.09. The number of benzene rings is 3. The van der Waals surface area contributed by atoms with Gasteiger partial charge in [-0.3, -0.25) is 4.79 Å². The Bertz CT molecular complexity index is 1030. The van der Waals surface area contributed by atoms with Crippen LogP contribution in [0.4, 0.5) is 0 Å². The van der Waals surface area contributed by atoms with Crippen molar-refractivity contribution < 1.29 is 14.3 Å². The third kappa shape index (κ3) is 6.18. The lowest BCUT2D eigenvalue weighted by atomic mass is 10.2. The smallest absolute Gasteiger partial charge is 0.271 e. The predicted molar refractivity (Wildman–Crippen MR) is 135 cm³/mol. The quantitative estimate of drug-likeness (QED) is 0.213. The molecule has 1 N–H and O–H groups in total. The molecule has 0 aliphatic carbocycles. The zero-order chi connectivity index (χ0) is 21.5. The van der Waals surface area contributed by atoms with Crippen molar-refractivity contribution in [3.05, 3.63) is 90.1 Å². The first-order valence-corrected chi connectivity index (χ1v) is 11.3. The summed E-state index contributed by atoms with van der Waals surface area (Å²) >= 11 is 4.50. The van der Waals surface area contributed by atoms with Crippen LogP contribution in [0.15, 0.2) is 65.8 Å². The molecule has 3 rings (SSSR count). The lowest BCUT2D eigenvalue weighted by Gasteiger charge is -2.11. The van der Waals surface area contributed by atoms with Gasteiger partial charge in [0.25, 0.3) is 5.91 Å². The monoisotopic (exact) mass is 626 g/mol. The van der Waals surface area contributed by atoms with Crippen LogP contribution in [0.5, 0.6) is 11.5 Å². The maximum absolute atomic E-state index is 12.2. The third-order valence-corrected chi connectivity index (χ3v) is 5.86. The summed E-state index contributed by atoms with van der Waals surface area (Å²) in [5, 5.41) is 4.07. The highest BCUT2D eigenvalue weighted by molar-refractivity contribution is 14.1. The lowest BCUT2D eigenvalue weighted by Crippen LogP contribution is -2.17. The Labute approximate surface area is 203 Å². The number of aryl methyl sites for hydroxylation is 1. The summed E-state index contributed by atoms with van der Waals surface area (Å²) in [7, 11) is 1.58. The average Bonchev–Trinajstić information content (AvgIpc) is 2.74. The Morgan fingerprint density at radius 2 is 1.67 bits per heavy atom. The molecule has 154 valence electrons. The van der Waals surface area contributed by atoms with Gasteiger partial charge in [0.05, 0.1) is 20.5 Å². The Morgan fingerprint density at radius 1 is 1.03 bits per heavy atom. The highest BCUT2D eigenvalue weighted by Crippen LogP contribution is 2.29. The molecule has 30 heavy (non-hydrogen) atoms. The summed E-state index contributed by atoms with van der Waals surface area (Å²) in [5.41, 5.74) is 6.28. The number of nitrogens with one attached hydrogen (secondary N) is 1. The minimum absolute atomic E-state index is 0.281. The Kier molecular flexibility index (Phi) is 8.08. The van der Waals surface area contributed by atoms with Crippen LogP contribution in [0.25, 0.3) is 0 Å². The molecule has 0 radical (unpaired) electrons. The average molecular weight is 626 g/mol. The summed E-state index contributed by atoms with van der Waals surface area (Å²) in [6.45, 7) is 2.58. The van der Waals surface area contributed by atoms with Crippen LogP contribution in [-0.4, -0.2) is 19.2 Å². The topological polar surface area (TPSA) is 59.9 Å². The fourth-order valence-electron chi connectivity index (χ4n) is 2.60. The number of halogens is 2. The van der Waals surface area contributed by atoms with E-state index in [1.807, 2.05) is 12.1 Å². The number of rotatable bonds is 7. The largest absolute Gasteiger partial charge is 0.497 e. The van der Waals surface area contributed by atoms with E-state index in [0.29, 0.717) is 17.9 Å². The number of nitrogens with zero attached hydrogens (tertiary/aromatic N) is 1. The van der Waals surface area contributed by atoms with Crippen molar-refractivity contribution in [3.8, 4) is 11.5 Å². The molecule has 3 aromatic carbocycles. The van der Waals surface area contributed by atoms with Crippen molar-refractivity contribution in [3.63, 3.8) is 0 Å². The number of methoxy groups -OCH3 is 1. The van der Waals surface area contributed by atoms with Crippen LogP contribution < -0.4 is 14.9 Å². The Balaban J connectivity index is 1.62. The zero-order valence-corrected chi connectivity index (χ0v) is 20.8. The maximum atomic E-state index is 12.2. The van der Waals surface area contributed by atoms with E-state index in [2.05, 4.69) is 86.9 Å². The molecule has 0 heterocycles. The van der Waals surface area contributed by atoms with E-state index in [9.17, 15) is 4.79 Å². The first-order chi connectivity index (χ1) is 14.5. The molecule has 0 aliphatic rings. The van der Waals surface area contributed by atoms with E-state index in [4.69, 9.17) is 9.47 Å². The minimum atomic E-state index is -0.281. The summed E-state index contributed by atoms with van der Waals surface area (Å²) in [6, 6.07) is 19.1. The third-order valence-electron chi connectivity index (χ3n) is 4.26. The molecule has 1 amide bonds. The molecular weight excluding hydrogens is 606 g/mol. The number of amides is 1. The second-order valence-corrected chi connectivity index (χ2v) is 8.84. The minimum Gasteiger partial charge on any atom is -0.497 e. The highest BCUT2D eigenvalue weighted by atomic mass is 127. The molecule has 0 fully saturated rings. The van der Waals surface area contributed by atoms with Crippen LogP contribution in [0.3, 0.4) is 0 Å². The van der Waals surface area contributed by atoms with Gasteiger partial charge < -0.3 is 9.47 Å². The SMILES string of the molecule is COc1ccc(C(=O)N/N=C\c2cc(I)c(OCc3ccc(C)cc3)c(I)c2)cc1. The van der Waals surface area contributed by atoms with Crippen LogP contribution in [0, 0.1) is 14.1 Å². The van der Waals surface area contributed by atoms with Crippen molar-refractivity contribution in [1.82, 2.24) is 5.43 Å². The molecule has 0 saturated carbocycles. The van der Waals surface area contributed by atoms with Gasteiger partial charge in [-0.1, -0.05) is 29.8 Å². The van der Waals surface area contributed by atoms with Gasteiger partial charge in [0.1, 0.15) is 18.1 Å². The van der Waals surface area contributed by atoms with E-state index in [0.717, 1.165) is 24.0 Å². The number of carbonyl (C=O) groups is 1. The lowest BCUT2D eigenvalue weighted by molar-refractivity contribution is 0.0955. The van der Waals surface area contributed by atoms with E-state index >= 15 is 0 Å². The Hall–Kier alpha value is -2.14. The van der Waals surface area contributed by atoms with Crippen molar-refractivity contribution in [2.24, 2.45) is 5.10 Å². The number of hydrogen-bond donors (Lipinski definition) is 1. The molecular formula is C23H20I2N2O3. The van der Waals surface area contributed by atoms with E-state index in [1.54, 1.807) is 37.6 Å². The summed E-state index contributed by atoms with van der Waals surface area (Å²) < 4.78 is 13.1. The van der Waals surface area contributed by atoms with Gasteiger partial charge in [0, 0.05) is 5.56 Å². The van der Waals surface area contributed by atoms with Crippen LogP contribution in [0.1, 0.15) is 27.0 Å². The molecule has 5 nitrogen and oxygen atoms in total. The Morgan fingerprint density at radius 3 is 2.27 bits per heavy atom. The van der Waals surface area contributed by atoms with Crippen molar-refractivity contribution in [2.75, 3.05) is 7.11 Å². The van der Waals surface area contributed by atoms with Crippen LogP contribution in [0.2, 0.25) is 0 Å². The van der Waals surface area contributed by atoms with Crippen molar-refractivity contribution >= 4 is 57.3 Å². The molecule has 3 aromatic rings. The van der Waals surface area contributed by atoms with Gasteiger partial charge in [0.2, 0.25) is 0 Å². The molecule has 0 spiro atoms. The van der Waals surface area contributed by atoms with Gasteiger partial charge in [-0.2, -0.15) is 5.10 Å². The predicted octanol–water partition coefficient (Wildman–Crippen LogP) is 5.56. The molecule has 0 saturated heterocycles. The van der Waals surface area contributed by atoms with Gasteiger partial charge in [-0.05, 0) is 99.6 Å². The zero-order valence-electron chi connectivity index (χ0n) is 16.5. The van der Waals surface area contributed by atoms with Crippen LogP contribution in [-0.2, 0) is 6.61 Å². The van der Waals surface area contributed by atoms with E-state index in [1.165, 1.54) is 5.56 Å². The molecule has 0 unspecified atom stereocenters. The number of hydrogen-bond acceptors (Lipinski definition) is 4. The van der Waals surface area contributed by atoms with Crippen molar-refractivity contribution in [1.29, 1.82) is 0 Å². The molecule has 0 aromatic heterocycles. The molecule has 7 heteroatoms. The summed E-state index contributed by atoms with van der Waals surface area (Å²) in [6.07, 6.45) is 1.62. The number of hydrazone groups is 1. The van der Waals surface area contributed by atoms with Gasteiger partial charge >= 0.3 is 0 Å². The molecule has 0 bridgehead atoms. The van der Waals surface area contributed by atoms with E-state index in [-0.39, 0.29) is 5.91 Å². The molecule has 0 atom stereocenters.